The number of hydrogen-bond acceptors (Lipinski definition) is 5. The van der Waals surface area contributed by atoms with E-state index in [1.165, 1.54) is 33.5 Å². The van der Waals surface area contributed by atoms with Crippen molar-refractivity contribution in [3.8, 4) is 0 Å². The van der Waals surface area contributed by atoms with E-state index >= 15 is 0 Å². The van der Waals surface area contributed by atoms with Gasteiger partial charge in [-0.1, -0.05) is 49.2 Å². The third kappa shape index (κ3) is 5.75. The van der Waals surface area contributed by atoms with E-state index in [-0.39, 0.29) is 22.4 Å². The molecular weight excluding hydrogens is 428 g/mol. The van der Waals surface area contributed by atoms with Crippen LogP contribution in [0.25, 0.3) is 0 Å². The Morgan fingerprint density at radius 3 is 2.31 bits per heavy atom. The van der Waals surface area contributed by atoms with Gasteiger partial charge in [0.2, 0.25) is 10.0 Å². The van der Waals surface area contributed by atoms with Crippen LogP contribution in [0.3, 0.4) is 0 Å². The molecule has 1 aliphatic heterocycles. The summed E-state index contributed by atoms with van der Waals surface area (Å²) >= 11 is 0. The quantitative estimate of drug-likeness (QED) is 0.592. The third-order valence-electron chi connectivity index (χ3n) is 5.86. The lowest BCUT2D eigenvalue weighted by molar-refractivity contribution is -0.135. The van der Waals surface area contributed by atoms with Crippen molar-refractivity contribution in [1.82, 2.24) is 9.21 Å². The smallest absolute Gasteiger partial charge is 0.338 e. The molecule has 1 heterocycles. The highest BCUT2D eigenvalue weighted by molar-refractivity contribution is 7.89. The molecular formula is C24H30N2O5S. The van der Waals surface area contributed by atoms with Crippen LogP contribution in [-0.4, -0.2) is 56.2 Å². The Labute approximate surface area is 190 Å². The summed E-state index contributed by atoms with van der Waals surface area (Å²) in [5.74, 6) is -1.07. The van der Waals surface area contributed by atoms with Gasteiger partial charge in [0.05, 0.1) is 16.5 Å². The molecule has 172 valence electrons. The summed E-state index contributed by atoms with van der Waals surface area (Å²) in [6.07, 6.45) is 3.70. The number of carbonyl (C=O) groups is 2. The van der Waals surface area contributed by atoms with Gasteiger partial charge in [-0.25, -0.2) is 13.2 Å². The lowest BCUT2D eigenvalue weighted by Crippen LogP contribution is -2.33. The number of nitrogens with zero attached hydrogens (tertiary/aromatic N) is 2. The van der Waals surface area contributed by atoms with Crippen molar-refractivity contribution < 1.29 is 22.7 Å². The van der Waals surface area contributed by atoms with Gasteiger partial charge in [0.25, 0.3) is 5.91 Å². The number of rotatable bonds is 7. The number of hydrogen-bond donors (Lipinski definition) is 0. The third-order valence-corrected chi connectivity index (χ3v) is 7.75. The van der Waals surface area contributed by atoms with E-state index in [1.807, 2.05) is 37.3 Å². The highest BCUT2D eigenvalue weighted by Crippen LogP contribution is 2.22. The summed E-state index contributed by atoms with van der Waals surface area (Å²) in [7, 11) is -2.02. The Morgan fingerprint density at radius 2 is 1.66 bits per heavy atom. The summed E-state index contributed by atoms with van der Waals surface area (Å²) in [4.78, 5) is 26.6. The van der Waals surface area contributed by atoms with E-state index in [2.05, 4.69) is 0 Å². The molecule has 7 nitrogen and oxygen atoms in total. The van der Waals surface area contributed by atoms with E-state index in [0.29, 0.717) is 13.1 Å². The number of ether oxygens (including phenoxy) is 1. The van der Waals surface area contributed by atoms with Crippen LogP contribution >= 0.6 is 0 Å². The van der Waals surface area contributed by atoms with Gasteiger partial charge in [-0.15, -0.1) is 0 Å². The zero-order valence-electron chi connectivity index (χ0n) is 18.6. The van der Waals surface area contributed by atoms with Crippen molar-refractivity contribution in [2.45, 2.75) is 43.5 Å². The van der Waals surface area contributed by atoms with Crippen LogP contribution in [0, 0.1) is 0 Å². The van der Waals surface area contributed by atoms with Crippen molar-refractivity contribution >= 4 is 21.9 Å². The normalized spacial score (nSPS) is 16.1. The SMILES string of the molecule is CC(c1ccccc1)N(C)C(=O)COC(=O)c1cccc(S(=O)(=O)N2CCCCCC2)c1. The highest BCUT2D eigenvalue weighted by Gasteiger charge is 2.26. The number of esters is 1. The minimum atomic E-state index is -3.68. The van der Waals surface area contributed by atoms with Gasteiger partial charge in [-0.3, -0.25) is 4.79 Å². The summed E-state index contributed by atoms with van der Waals surface area (Å²) in [6.45, 7) is 2.44. The number of likely N-dealkylation sites (N-methyl/N-ethyl adjacent to an activating group) is 1. The van der Waals surface area contributed by atoms with Crippen LogP contribution in [0.1, 0.15) is 54.6 Å². The van der Waals surface area contributed by atoms with E-state index in [0.717, 1.165) is 31.2 Å². The summed E-state index contributed by atoms with van der Waals surface area (Å²) in [5.41, 5.74) is 1.08. The molecule has 1 fully saturated rings. The fraction of sp³-hybridized carbons (Fsp3) is 0.417. The zero-order chi connectivity index (χ0) is 23.1. The Hall–Kier alpha value is -2.71. The average molecular weight is 459 g/mol. The van der Waals surface area contributed by atoms with E-state index in [1.54, 1.807) is 7.05 Å². The highest BCUT2D eigenvalue weighted by atomic mass is 32.2. The monoisotopic (exact) mass is 458 g/mol. The molecule has 1 atom stereocenters. The number of benzene rings is 2. The van der Waals surface area contributed by atoms with Crippen LogP contribution in [0.15, 0.2) is 59.5 Å². The zero-order valence-corrected chi connectivity index (χ0v) is 19.4. The molecule has 2 aromatic rings. The molecule has 2 aromatic carbocycles. The maximum Gasteiger partial charge on any atom is 0.338 e. The lowest BCUT2D eigenvalue weighted by atomic mass is 10.1. The molecule has 1 aliphatic rings. The number of amides is 1. The van der Waals surface area contributed by atoms with Crippen LogP contribution in [-0.2, 0) is 19.6 Å². The van der Waals surface area contributed by atoms with Gasteiger partial charge < -0.3 is 9.64 Å². The molecule has 1 amide bonds. The first-order chi connectivity index (χ1) is 15.3. The standard InChI is InChI=1S/C24H30N2O5S/c1-19(20-11-6-5-7-12-20)25(2)23(27)18-31-24(28)21-13-10-14-22(17-21)32(29,30)26-15-8-3-4-9-16-26/h5-7,10-14,17,19H,3-4,8-9,15-16,18H2,1-2H3. The molecule has 1 unspecified atom stereocenters. The summed E-state index contributed by atoms with van der Waals surface area (Å²) in [5, 5.41) is 0. The molecule has 0 saturated carbocycles. The van der Waals surface area contributed by atoms with E-state index in [4.69, 9.17) is 4.74 Å². The van der Waals surface area contributed by atoms with Gasteiger partial charge in [0.1, 0.15) is 0 Å². The summed E-state index contributed by atoms with van der Waals surface area (Å²) in [6, 6.07) is 15.2. The molecule has 3 rings (SSSR count). The predicted octanol–water partition coefficient (Wildman–Crippen LogP) is 3.63. The molecule has 32 heavy (non-hydrogen) atoms. The minimum Gasteiger partial charge on any atom is -0.452 e. The van der Waals surface area contributed by atoms with E-state index in [9.17, 15) is 18.0 Å². The first kappa shape index (κ1) is 23.9. The second kappa shape index (κ2) is 10.7. The molecule has 0 N–H and O–H groups in total. The van der Waals surface area contributed by atoms with Crippen LogP contribution in [0.4, 0.5) is 0 Å². The molecule has 0 radical (unpaired) electrons. The molecule has 0 bridgehead atoms. The first-order valence-corrected chi connectivity index (χ1v) is 12.3. The second-order valence-corrected chi connectivity index (χ2v) is 9.95. The lowest BCUT2D eigenvalue weighted by Gasteiger charge is -2.25. The predicted molar refractivity (Wildman–Crippen MR) is 122 cm³/mol. The topological polar surface area (TPSA) is 84.0 Å². The van der Waals surface area contributed by atoms with Gasteiger partial charge >= 0.3 is 5.97 Å². The number of sulfonamides is 1. The minimum absolute atomic E-state index is 0.0648. The van der Waals surface area contributed by atoms with Crippen LogP contribution in [0.2, 0.25) is 0 Å². The fourth-order valence-corrected chi connectivity index (χ4v) is 5.26. The van der Waals surface area contributed by atoms with Gasteiger partial charge in [-0.05, 0) is 43.5 Å². The Balaban J connectivity index is 1.64. The Morgan fingerprint density at radius 1 is 1.00 bits per heavy atom. The van der Waals surface area contributed by atoms with Crippen molar-refractivity contribution in [3.05, 3.63) is 65.7 Å². The largest absolute Gasteiger partial charge is 0.452 e. The Bertz CT molecular complexity index is 1030. The van der Waals surface area contributed by atoms with Gasteiger partial charge in [0.15, 0.2) is 6.61 Å². The van der Waals surface area contributed by atoms with Gasteiger partial charge in [0, 0.05) is 20.1 Å². The average Bonchev–Trinajstić information content (AvgIpc) is 3.12. The molecule has 0 aliphatic carbocycles. The molecule has 1 saturated heterocycles. The maximum atomic E-state index is 13.0. The second-order valence-electron chi connectivity index (χ2n) is 8.01. The van der Waals surface area contributed by atoms with Crippen molar-refractivity contribution in [2.75, 3.05) is 26.7 Å². The van der Waals surface area contributed by atoms with Crippen molar-refractivity contribution in [2.24, 2.45) is 0 Å². The van der Waals surface area contributed by atoms with Crippen LogP contribution in [0.5, 0.6) is 0 Å². The van der Waals surface area contributed by atoms with Crippen molar-refractivity contribution in [3.63, 3.8) is 0 Å². The van der Waals surface area contributed by atoms with Gasteiger partial charge in [-0.2, -0.15) is 4.31 Å². The molecule has 0 spiro atoms. The van der Waals surface area contributed by atoms with E-state index < -0.39 is 22.6 Å². The van der Waals surface area contributed by atoms with Crippen LogP contribution < -0.4 is 0 Å². The maximum absolute atomic E-state index is 13.0. The first-order valence-electron chi connectivity index (χ1n) is 10.9. The fourth-order valence-electron chi connectivity index (χ4n) is 3.70. The molecule has 0 aromatic heterocycles. The summed E-state index contributed by atoms with van der Waals surface area (Å²) < 4.78 is 32.7. The van der Waals surface area contributed by atoms with Crippen molar-refractivity contribution in [1.29, 1.82) is 0 Å². The number of carbonyl (C=O) groups excluding carboxylic acids is 2. The molecule has 8 heteroatoms. The Kier molecular flexibility index (Phi) is 8.04.